The van der Waals surface area contributed by atoms with E-state index in [-0.39, 0.29) is 17.0 Å². The van der Waals surface area contributed by atoms with Crippen LogP contribution in [0.4, 0.5) is 11.4 Å². The molecule has 1 N–H and O–H groups in total. The number of carbonyl (C=O) groups is 1. The van der Waals surface area contributed by atoms with Gasteiger partial charge < -0.3 is 14.8 Å². The Morgan fingerprint density at radius 1 is 1.12 bits per heavy atom. The number of para-hydroxylation sites is 2. The maximum absolute atomic E-state index is 12.9. The predicted molar refractivity (Wildman–Crippen MR) is 94.9 cm³/mol. The summed E-state index contributed by atoms with van der Waals surface area (Å²) >= 11 is 0. The van der Waals surface area contributed by atoms with Crippen molar-refractivity contribution in [2.24, 2.45) is 5.92 Å². The number of aromatic amines is 1. The van der Waals surface area contributed by atoms with Crippen molar-refractivity contribution >= 4 is 17.3 Å². The van der Waals surface area contributed by atoms with Crippen LogP contribution in [0.25, 0.3) is 0 Å². The topological polar surface area (TPSA) is 56.4 Å². The van der Waals surface area contributed by atoms with Crippen molar-refractivity contribution in [1.82, 2.24) is 4.98 Å². The molecule has 0 atom stereocenters. The maximum Gasteiger partial charge on any atom is 0.263 e. The number of hydrogen-bond acceptors (Lipinski definition) is 3. The minimum Gasteiger partial charge on any atom is -0.368 e. The highest BCUT2D eigenvalue weighted by molar-refractivity contribution is 6.08. The molecule has 1 aromatic carbocycles. The molecule has 5 nitrogen and oxygen atoms in total. The van der Waals surface area contributed by atoms with Crippen molar-refractivity contribution in [2.45, 2.75) is 19.8 Å². The summed E-state index contributed by atoms with van der Waals surface area (Å²) in [6.45, 7) is 4.28. The fraction of sp³-hybridized carbons (Fsp3) is 0.368. The van der Waals surface area contributed by atoms with Gasteiger partial charge in [-0.2, -0.15) is 0 Å². The van der Waals surface area contributed by atoms with Crippen molar-refractivity contribution < 1.29 is 4.79 Å². The summed E-state index contributed by atoms with van der Waals surface area (Å²) in [5.74, 6) is 0.565. The van der Waals surface area contributed by atoms with Crippen LogP contribution in [0.15, 0.2) is 41.2 Å². The lowest BCUT2D eigenvalue weighted by molar-refractivity contribution is 0.0985. The van der Waals surface area contributed by atoms with Gasteiger partial charge in [-0.05, 0) is 49.9 Å². The normalized spacial score (nSPS) is 16.9. The van der Waals surface area contributed by atoms with Crippen LogP contribution in [-0.2, 0) is 0 Å². The van der Waals surface area contributed by atoms with Gasteiger partial charge in [0.25, 0.3) is 11.5 Å². The number of pyridine rings is 1. The van der Waals surface area contributed by atoms with Crippen LogP contribution in [-0.4, -0.2) is 30.5 Å². The fourth-order valence-corrected chi connectivity index (χ4v) is 3.32. The summed E-state index contributed by atoms with van der Waals surface area (Å²) in [5.41, 5.74) is 2.62. The molecule has 1 aromatic heterocycles. The first-order chi connectivity index (χ1) is 11.6. The van der Waals surface area contributed by atoms with Gasteiger partial charge >= 0.3 is 0 Å². The zero-order chi connectivity index (χ0) is 16.7. The minimum absolute atomic E-state index is 0.200. The second-order valence-electron chi connectivity index (χ2n) is 6.72. The van der Waals surface area contributed by atoms with E-state index in [4.69, 9.17) is 0 Å². The maximum atomic E-state index is 12.9. The smallest absolute Gasteiger partial charge is 0.263 e. The predicted octanol–water partition coefficient (Wildman–Crippen LogP) is 2.56. The summed E-state index contributed by atoms with van der Waals surface area (Å²) < 4.78 is 0. The van der Waals surface area contributed by atoms with Crippen molar-refractivity contribution in [1.29, 1.82) is 0 Å². The van der Waals surface area contributed by atoms with Crippen LogP contribution >= 0.6 is 0 Å². The Hall–Kier alpha value is -2.56. The van der Waals surface area contributed by atoms with Gasteiger partial charge in [-0.25, -0.2) is 0 Å². The molecule has 2 aromatic rings. The average Bonchev–Trinajstić information content (AvgIpc) is 3.39. The van der Waals surface area contributed by atoms with Crippen LogP contribution < -0.4 is 15.4 Å². The molecule has 4 rings (SSSR count). The Morgan fingerprint density at radius 3 is 2.58 bits per heavy atom. The lowest BCUT2D eigenvalue weighted by Crippen LogP contribution is -2.46. The Bertz CT molecular complexity index is 839. The van der Waals surface area contributed by atoms with Gasteiger partial charge in [0.15, 0.2) is 0 Å². The van der Waals surface area contributed by atoms with Gasteiger partial charge in [0.2, 0.25) is 0 Å². The van der Waals surface area contributed by atoms with E-state index in [9.17, 15) is 9.59 Å². The zero-order valence-electron chi connectivity index (χ0n) is 13.8. The third-order valence-corrected chi connectivity index (χ3v) is 4.81. The molecule has 0 radical (unpaired) electrons. The summed E-state index contributed by atoms with van der Waals surface area (Å²) in [4.78, 5) is 31.9. The lowest BCUT2D eigenvalue weighted by Gasteiger charge is -2.37. The number of aryl methyl sites for hydroxylation is 1. The first kappa shape index (κ1) is 15.0. The SMILES string of the molecule is Cc1ccc(C(=O)N2CCN(CC3CC3)c3ccccc32)c(=O)[nH]1. The molecule has 124 valence electrons. The Balaban J connectivity index is 1.68. The Kier molecular flexibility index (Phi) is 3.63. The van der Waals surface area contributed by atoms with Crippen molar-refractivity contribution in [3.8, 4) is 0 Å². The molecule has 1 aliphatic carbocycles. The molecule has 0 saturated heterocycles. The van der Waals surface area contributed by atoms with E-state index < -0.39 is 0 Å². The lowest BCUT2D eigenvalue weighted by atomic mass is 10.1. The summed E-state index contributed by atoms with van der Waals surface area (Å²) in [5, 5.41) is 0. The first-order valence-electron chi connectivity index (χ1n) is 8.49. The number of rotatable bonds is 3. The molecule has 1 amide bonds. The standard InChI is InChI=1S/C19H21N3O2/c1-13-6-9-15(18(23)20-13)19(24)22-11-10-21(12-14-7-8-14)16-4-2-3-5-17(16)22/h2-6,9,14H,7-8,10-12H2,1H3,(H,20,23). The molecule has 0 unspecified atom stereocenters. The fourth-order valence-electron chi connectivity index (χ4n) is 3.32. The van der Waals surface area contributed by atoms with Crippen molar-refractivity contribution in [3.05, 3.63) is 58.0 Å². The van der Waals surface area contributed by atoms with Gasteiger partial charge in [0, 0.05) is 25.3 Å². The van der Waals surface area contributed by atoms with Crippen LogP contribution in [0.3, 0.4) is 0 Å². The minimum atomic E-state index is -0.321. The molecule has 1 fully saturated rings. The highest BCUT2D eigenvalue weighted by Crippen LogP contribution is 2.37. The molecular weight excluding hydrogens is 302 g/mol. The van der Waals surface area contributed by atoms with Crippen LogP contribution in [0.2, 0.25) is 0 Å². The third-order valence-electron chi connectivity index (χ3n) is 4.81. The van der Waals surface area contributed by atoms with Gasteiger partial charge in [-0.1, -0.05) is 12.1 Å². The number of nitrogens with zero attached hydrogens (tertiary/aromatic N) is 2. The van der Waals surface area contributed by atoms with Crippen LogP contribution in [0.1, 0.15) is 28.9 Å². The quantitative estimate of drug-likeness (QED) is 0.944. The number of amides is 1. The molecule has 1 aliphatic heterocycles. The van der Waals surface area contributed by atoms with E-state index in [0.717, 1.165) is 36.1 Å². The summed E-state index contributed by atoms with van der Waals surface area (Å²) in [7, 11) is 0. The summed E-state index contributed by atoms with van der Waals surface area (Å²) in [6, 6.07) is 11.4. The first-order valence-corrected chi connectivity index (χ1v) is 8.49. The highest BCUT2D eigenvalue weighted by atomic mass is 16.2. The number of nitrogens with one attached hydrogen (secondary N) is 1. The number of H-pyrrole nitrogens is 1. The summed E-state index contributed by atoms with van der Waals surface area (Å²) in [6.07, 6.45) is 2.61. The molecule has 24 heavy (non-hydrogen) atoms. The Labute approximate surface area is 140 Å². The number of hydrogen-bond donors (Lipinski definition) is 1. The number of fused-ring (bicyclic) bond motifs is 1. The van der Waals surface area contributed by atoms with E-state index in [0.29, 0.717) is 6.54 Å². The Morgan fingerprint density at radius 2 is 1.88 bits per heavy atom. The van der Waals surface area contributed by atoms with E-state index >= 15 is 0 Å². The van der Waals surface area contributed by atoms with Crippen molar-refractivity contribution in [3.63, 3.8) is 0 Å². The van der Waals surface area contributed by atoms with E-state index in [1.807, 2.05) is 25.1 Å². The second kappa shape index (κ2) is 5.82. The molecule has 2 aliphatic rings. The molecule has 2 heterocycles. The largest absolute Gasteiger partial charge is 0.368 e. The van der Waals surface area contributed by atoms with Crippen molar-refractivity contribution in [2.75, 3.05) is 29.4 Å². The number of anilines is 2. The highest BCUT2D eigenvalue weighted by Gasteiger charge is 2.31. The molecule has 1 saturated carbocycles. The molecule has 0 bridgehead atoms. The zero-order valence-corrected chi connectivity index (χ0v) is 13.8. The van der Waals surface area contributed by atoms with Gasteiger partial charge in [0.1, 0.15) is 5.56 Å². The van der Waals surface area contributed by atoms with E-state index in [1.165, 1.54) is 12.8 Å². The third kappa shape index (κ3) is 2.70. The van der Waals surface area contributed by atoms with E-state index in [2.05, 4.69) is 16.0 Å². The molecular formula is C19H21N3O2. The molecule has 5 heteroatoms. The number of aromatic nitrogens is 1. The van der Waals surface area contributed by atoms with E-state index in [1.54, 1.807) is 17.0 Å². The van der Waals surface area contributed by atoms with Crippen LogP contribution in [0.5, 0.6) is 0 Å². The second-order valence-corrected chi connectivity index (χ2v) is 6.72. The number of benzene rings is 1. The molecule has 0 spiro atoms. The van der Waals surface area contributed by atoms with Gasteiger partial charge in [0.05, 0.1) is 11.4 Å². The monoisotopic (exact) mass is 323 g/mol. The number of carbonyl (C=O) groups excluding carboxylic acids is 1. The average molecular weight is 323 g/mol. The van der Waals surface area contributed by atoms with Crippen LogP contribution in [0, 0.1) is 12.8 Å². The van der Waals surface area contributed by atoms with Gasteiger partial charge in [-0.3, -0.25) is 9.59 Å². The van der Waals surface area contributed by atoms with Gasteiger partial charge in [-0.15, -0.1) is 0 Å².